The topological polar surface area (TPSA) is 92.7 Å². The second-order valence-corrected chi connectivity index (χ2v) is 9.67. The minimum absolute atomic E-state index is 0.310. The molecule has 1 aliphatic rings. The zero-order valence-electron chi connectivity index (χ0n) is 16.6. The third-order valence-corrected chi connectivity index (χ3v) is 5.91. The summed E-state index contributed by atoms with van der Waals surface area (Å²) in [5, 5.41) is 0. The number of rotatable bonds is 7. The number of unbranched alkanes of at least 4 members (excludes halogenated alkanes) is 1. The lowest BCUT2D eigenvalue weighted by atomic mass is 10.2. The van der Waals surface area contributed by atoms with Crippen molar-refractivity contribution in [3.05, 3.63) is 18.1 Å². The Morgan fingerprint density at radius 2 is 1.81 bits per heavy atom. The van der Waals surface area contributed by atoms with Crippen molar-refractivity contribution in [3.63, 3.8) is 0 Å². The van der Waals surface area contributed by atoms with Crippen LogP contribution in [0.2, 0.25) is 0 Å². The molecule has 0 atom stereocenters. The van der Waals surface area contributed by atoms with Gasteiger partial charge >= 0.3 is 5.97 Å². The predicted molar refractivity (Wildman–Crippen MR) is 104 cm³/mol. The molecule has 0 bridgehead atoms. The monoisotopic (exact) mass is 398 g/mol. The maximum Gasteiger partial charge on any atom is 0.323 e. The van der Waals surface area contributed by atoms with E-state index in [0.717, 1.165) is 30.8 Å². The number of carbonyl (C=O) groups is 1. The lowest BCUT2D eigenvalue weighted by Crippen LogP contribution is -2.50. The molecule has 0 N–H and O–H groups in total. The van der Waals surface area contributed by atoms with Crippen LogP contribution in [0.25, 0.3) is 0 Å². The minimum Gasteiger partial charge on any atom is -0.459 e. The van der Waals surface area contributed by atoms with Gasteiger partial charge in [-0.05, 0) is 33.6 Å². The molecule has 2 heterocycles. The summed E-state index contributed by atoms with van der Waals surface area (Å²) in [4.78, 5) is 22.8. The fourth-order valence-corrected chi connectivity index (χ4v) is 4.06. The van der Waals surface area contributed by atoms with Gasteiger partial charge in [0.1, 0.15) is 11.4 Å². The first-order valence-electron chi connectivity index (χ1n) is 9.36. The van der Waals surface area contributed by atoms with Crippen LogP contribution in [-0.2, 0) is 26.0 Å². The average molecular weight is 399 g/mol. The molecule has 1 aromatic heterocycles. The number of sulfonamides is 1. The standard InChI is InChI=1S/C18H30N4O4S/c1-5-6-7-15-12-20-16(13-19-15)21-8-10-22(11-9-21)27(24,25)14-17(23)26-18(2,3)4/h12-13H,5-11,14H2,1-4H3. The second kappa shape index (κ2) is 8.97. The van der Waals surface area contributed by atoms with Gasteiger partial charge in [0.25, 0.3) is 0 Å². The van der Waals surface area contributed by atoms with E-state index in [2.05, 4.69) is 16.9 Å². The Morgan fingerprint density at radius 3 is 2.33 bits per heavy atom. The van der Waals surface area contributed by atoms with Gasteiger partial charge in [-0.3, -0.25) is 9.78 Å². The molecule has 2 rings (SSSR count). The lowest BCUT2D eigenvalue weighted by Gasteiger charge is -2.34. The quantitative estimate of drug-likeness (QED) is 0.644. The summed E-state index contributed by atoms with van der Waals surface area (Å²) in [6.45, 7) is 8.92. The highest BCUT2D eigenvalue weighted by atomic mass is 32.2. The van der Waals surface area contributed by atoms with Gasteiger partial charge in [0, 0.05) is 26.2 Å². The average Bonchev–Trinajstić information content (AvgIpc) is 2.58. The molecular weight excluding hydrogens is 368 g/mol. The molecular formula is C18H30N4O4S. The van der Waals surface area contributed by atoms with Gasteiger partial charge in [0.2, 0.25) is 10.0 Å². The number of anilines is 1. The third-order valence-electron chi connectivity index (χ3n) is 4.15. The van der Waals surface area contributed by atoms with Crippen molar-refractivity contribution < 1.29 is 17.9 Å². The van der Waals surface area contributed by atoms with Crippen LogP contribution in [0.4, 0.5) is 5.82 Å². The van der Waals surface area contributed by atoms with Crippen LogP contribution in [0.5, 0.6) is 0 Å². The lowest BCUT2D eigenvalue weighted by molar-refractivity contribution is -0.151. The highest BCUT2D eigenvalue weighted by Crippen LogP contribution is 2.16. The van der Waals surface area contributed by atoms with Gasteiger partial charge in [0.15, 0.2) is 5.75 Å². The van der Waals surface area contributed by atoms with Gasteiger partial charge in [-0.1, -0.05) is 13.3 Å². The number of piperazine rings is 1. The zero-order valence-corrected chi connectivity index (χ0v) is 17.5. The predicted octanol–water partition coefficient (Wildman–Crippen LogP) is 1.61. The van der Waals surface area contributed by atoms with Crippen LogP contribution < -0.4 is 4.90 Å². The summed E-state index contributed by atoms with van der Waals surface area (Å²) in [5.41, 5.74) is 0.270. The minimum atomic E-state index is -3.68. The molecule has 1 aliphatic heterocycles. The van der Waals surface area contributed by atoms with E-state index in [0.29, 0.717) is 26.2 Å². The van der Waals surface area contributed by atoms with Crippen molar-refractivity contribution in [2.75, 3.05) is 36.8 Å². The summed E-state index contributed by atoms with van der Waals surface area (Å²) in [6, 6.07) is 0. The van der Waals surface area contributed by atoms with E-state index in [1.54, 1.807) is 33.2 Å². The molecule has 0 saturated carbocycles. The number of hydrogen-bond donors (Lipinski definition) is 0. The summed E-state index contributed by atoms with van der Waals surface area (Å²) in [5.74, 6) is -0.603. The Kier molecular flexibility index (Phi) is 7.16. The Morgan fingerprint density at radius 1 is 1.15 bits per heavy atom. The Bertz CT molecular complexity index is 721. The van der Waals surface area contributed by atoms with E-state index in [9.17, 15) is 13.2 Å². The van der Waals surface area contributed by atoms with Gasteiger partial charge in [-0.25, -0.2) is 13.4 Å². The number of ether oxygens (including phenoxy) is 1. The first kappa shape index (κ1) is 21.6. The first-order valence-corrected chi connectivity index (χ1v) is 11.0. The first-order chi connectivity index (χ1) is 12.6. The van der Waals surface area contributed by atoms with E-state index >= 15 is 0 Å². The molecule has 1 aromatic rings. The summed E-state index contributed by atoms with van der Waals surface area (Å²) >= 11 is 0. The Hall–Kier alpha value is -1.74. The van der Waals surface area contributed by atoms with Crippen LogP contribution in [0.1, 0.15) is 46.2 Å². The fraction of sp³-hybridized carbons (Fsp3) is 0.722. The Balaban J connectivity index is 1.89. The molecule has 0 aromatic carbocycles. The third kappa shape index (κ3) is 6.73. The number of nitrogens with zero attached hydrogens (tertiary/aromatic N) is 4. The van der Waals surface area contributed by atoms with E-state index in [1.165, 1.54) is 4.31 Å². The van der Waals surface area contributed by atoms with Crippen molar-refractivity contribution in [1.82, 2.24) is 14.3 Å². The van der Waals surface area contributed by atoms with Crippen LogP contribution in [-0.4, -0.2) is 66.2 Å². The highest BCUT2D eigenvalue weighted by Gasteiger charge is 2.31. The van der Waals surface area contributed by atoms with Gasteiger partial charge in [-0.15, -0.1) is 0 Å². The molecule has 27 heavy (non-hydrogen) atoms. The molecule has 0 unspecified atom stereocenters. The van der Waals surface area contributed by atoms with Crippen LogP contribution in [0.3, 0.4) is 0 Å². The van der Waals surface area contributed by atoms with Gasteiger partial charge < -0.3 is 9.64 Å². The molecule has 0 radical (unpaired) electrons. The Labute approximate surface area is 162 Å². The van der Waals surface area contributed by atoms with E-state index in [-0.39, 0.29) is 0 Å². The highest BCUT2D eigenvalue weighted by molar-refractivity contribution is 7.89. The number of aryl methyl sites for hydroxylation is 1. The van der Waals surface area contributed by atoms with E-state index in [1.807, 2.05) is 4.90 Å². The van der Waals surface area contributed by atoms with E-state index < -0.39 is 27.3 Å². The van der Waals surface area contributed by atoms with Crippen LogP contribution >= 0.6 is 0 Å². The van der Waals surface area contributed by atoms with Crippen LogP contribution in [0.15, 0.2) is 12.4 Å². The molecule has 0 amide bonds. The smallest absolute Gasteiger partial charge is 0.323 e. The molecule has 1 fully saturated rings. The van der Waals surface area contributed by atoms with E-state index in [4.69, 9.17) is 4.74 Å². The number of esters is 1. The van der Waals surface area contributed by atoms with Gasteiger partial charge in [-0.2, -0.15) is 4.31 Å². The number of carbonyl (C=O) groups excluding carboxylic acids is 1. The molecule has 0 spiro atoms. The fourth-order valence-electron chi connectivity index (χ4n) is 2.80. The number of hydrogen-bond acceptors (Lipinski definition) is 7. The molecule has 8 nitrogen and oxygen atoms in total. The van der Waals surface area contributed by atoms with Crippen molar-refractivity contribution in [2.24, 2.45) is 0 Å². The molecule has 0 aliphatic carbocycles. The SMILES string of the molecule is CCCCc1cnc(N2CCN(S(=O)(=O)CC(=O)OC(C)(C)C)CC2)cn1. The second-order valence-electron chi connectivity index (χ2n) is 7.70. The van der Waals surface area contributed by atoms with Crippen molar-refractivity contribution in [1.29, 1.82) is 0 Å². The summed E-state index contributed by atoms with van der Waals surface area (Å²) < 4.78 is 31.4. The summed E-state index contributed by atoms with van der Waals surface area (Å²) in [7, 11) is -3.68. The molecule has 1 saturated heterocycles. The zero-order chi connectivity index (χ0) is 20.1. The van der Waals surface area contributed by atoms with Crippen LogP contribution in [0, 0.1) is 0 Å². The normalized spacial score (nSPS) is 16.4. The maximum atomic E-state index is 12.4. The van der Waals surface area contributed by atoms with Crippen molar-refractivity contribution in [2.45, 2.75) is 52.6 Å². The maximum absolute atomic E-state index is 12.4. The molecule has 152 valence electrons. The largest absolute Gasteiger partial charge is 0.459 e. The number of aromatic nitrogens is 2. The van der Waals surface area contributed by atoms with Crippen molar-refractivity contribution >= 4 is 21.8 Å². The van der Waals surface area contributed by atoms with Crippen molar-refractivity contribution in [3.8, 4) is 0 Å². The van der Waals surface area contributed by atoms with Gasteiger partial charge in [0.05, 0.1) is 18.1 Å². The summed E-state index contributed by atoms with van der Waals surface area (Å²) in [6.07, 6.45) is 6.65. The molecule has 9 heteroatoms.